The number of hydrogen-bond donors (Lipinski definition) is 1. The Morgan fingerprint density at radius 3 is 2.60 bits per heavy atom. The highest BCUT2D eigenvalue weighted by Gasteiger charge is 2.26. The van der Waals surface area contributed by atoms with Gasteiger partial charge in [-0.15, -0.1) is 0 Å². The molecule has 86 valence electrons. The van der Waals surface area contributed by atoms with Crippen molar-refractivity contribution in [1.82, 2.24) is 10.1 Å². The van der Waals surface area contributed by atoms with Crippen LogP contribution in [0.25, 0.3) is 0 Å². The van der Waals surface area contributed by atoms with Gasteiger partial charge in [0.15, 0.2) is 5.82 Å². The third-order valence-corrected chi connectivity index (χ3v) is 2.76. The van der Waals surface area contributed by atoms with Crippen LogP contribution in [0, 0.1) is 0 Å². The van der Waals surface area contributed by atoms with Gasteiger partial charge in [0.05, 0.1) is 0 Å². The molecule has 1 N–H and O–H groups in total. The summed E-state index contributed by atoms with van der Waals surface area (Å²) in [6, 6.07) is 0. The van der Waals surface area contributed by atoms with E-state index in [0.717, 1.165) is 12.8 Å². The highest BCUT2D eigenvalue weighted by Crippen LogP contribution is 2.26. The van der Waals surface area contributed by atoms with E-state index in [-0.39, 0.29) is 5.41 Å². The molecule has 1 aromatic heterocycles. The molecule has 4 nitrogen and oxygen atoms in total. The summed E-state index contributed by atoms with van der Waals surface area (Å²) >= 11 is 0. The average Bonchev–Trinajstić information content (AvgIpc) is 2.67. The van der Waals surface area contributed by atoms with Crippen molar-refractivity contribution in [1.29, 1.82) is 0 Å². The minimum atomic E-state index is -0.597. The van der Waals surface area contributed by atoms with Gasteiger partial charge in [-0.3, -0.25) is 0 Å². The van der Waals surface area contributed by atoms with Crippen molar-refractivity contribution >= 4 is 0 Å². The van der Waals surface area contributed by atoms with E-state index in [4.69, 9.17) is 4.52 Å². The Hall–Kier alpha value is -0.900. The Labute approximate surface area is 90.7 Å². The molecule has 0 saturated carbocycles. The molecule has 0 fully saturated rings. The number of rotatable bonds is 5. The van der Waals surface area contributed by atoms with Crippen LogP contribution < -0.4 is 0 Å². The zero-order valence-electron chi connectivity index (χ0n) is 9.95. The van der Waals surface area contributed by atoms with Crippen molar-refractivity contribution in [2.75, 3.05) is 0 Å². The van der Waals surface area contributed by atoms with Crippen molar-refractivity contribution in [3.8, 4) is 0 Å². The normalized spacial score (nSPS) is 14.2. The maximum atomic E-state index is 9.69. The fraction of sp³-hybridized carbons (Fsp3) is 0.818. The zero-order valence-corrected chi connectivity index (χ0v) is 9.95. The smallest absolute Gasteiger partial charge is 0.232 e. The molecule has 1 aromatic rings. The van der Waals surface area contributed by atoms with E-state index in [2.05, 4.69) is 30.9 Å². The summed E-state index contributed by atoms with van der Waals surface area (Å²) < 4.78 is 5.17. The summed E-state index contributed by atoms with van der Waals surface area (Å²) in [5.41, 5.74) is -0.114. The number of aromatic nitrogens is 2. The summed E-state index contributed by atoms with van der Waals surface area (Å²) in [4.78, 5) is 4.24. The summed E-state index contributed by atoms with van der Waals surface area (Å²) in [7, 11) is 0. The first-order valence-corrected chi connectivity index (χ1v) is 5.53. The third-order valence-electron chi connectivity index (χ3n) is 2.76. The quantitative estimate of drug-likeness (QED) is 0.815. The van der Waals surface area contributed by atoms with Crippen LogP contribution in [-0.2, 0) is 5.41 Å². The lowest BCUT2D eigenvalue weighted by atomic mass is 9.90. The highest BCUT2D eigenvalue weighted by molar-refractivity contribution is 5.01. The molecule has 0 aliphatic carbocycles. The van der Waals surface area contributed by atoms with Crippen molar-refractivity contribution in [2.24, 2.45) is 0 Å². The van der Waals surface area contributed by atoms with Crippen molar-refractivity contribution in [3.63, 3.8) is 0 Å². The molecule has 0 spiro atoms. The fourth-order valence-corrected chi connectivity index (χ4v) is 1.20. The van der Waals surface area contributed by atoms with Crippen molar-refractivity contribution in [2.45, 2.75) is 58.5 Å². The van der Waals surface area contributed by atoms with Gasteiger partial charge in [-0.05, 0) is 12.8 Å². The molecule has 0 aromatic carbocycles. The van der Waals surface area contributed by atoms with Crippen LogP contribution in [0.4, 0.5) is 0 Å². The van der Waals surface area contributed by atoms with Crippen LogP contribution in [-0.4, -0.2) is 15.2 Å². The van der Waals surface area contributed by atoms with E-state index in [0.29, 0.717) is 18.1 Å². The van der Waals surface area contributed by atoms with Gasteiger partial charge in [-0.25, -0.2) is 0 Å². The van der Waals surface area contributed by atoms with E-state index in [1.54, 1.807) is 0 Å². The maximum absolute atomic E-state index is 9.69. The number of hydrogen-bond acceptors (Lipinski definition) is 4. The summed E-state index contributed by atoms with van der Waals surface area (Å²) in [6.07, 6.45) is 1.91. The van der Waals surface area contributed by atoms with Crippen LogP contribution in [0.3, 0.4) is 0 Å². The van der Waals surface area contributed by atoms with E-state index >= 15 is 0 Å². The number of aliphatic hydroxyl groups is 1. The van der Waals surface area contributed by atoms with E-state index in [9.17, 15) is 5.11 Å². The molecule has 4 heteroatoms. The minimum Gasteiger partial charge on any atom is -0.385 e. The Bertz CT molecular complexity index is 307. The van der Waals surface area contributed by atoms with Gasteiger partial charge in [0.1, 0.15) is 6.10 Å². The molecule has 1 atom stereocenters. The standard InChI is InChI=1S/C11H20N2O2/c1-5-7-8(14)9-12-10(15-13-9)11(3,4)6-2/h8,14H,5-7H2,1-4H3. The Morgan fingerprint density at radius 1 is 1.40 bits per heavy atom. The van der Waals surface area contributed by atoms with Crippen LogP contribution in [0.5, 0.6) is 0 Å². The third kappa shape index (κ3) is 2.78. The Balaban J connectivity index is 2.80. The fourth-order valence-electron chi connectivity index (χ4n) is 1.20. The van der Waals surface area contributed by atoms with Gasteiger partial charge in [0.2, 0.25) is 5.89 Å². The molecular weight excluding hydrogens is 192 g/mol. The van der Waals surface area contributed by atoms with Gasteiger partial charge >= 0.3 is 0 Å². The summed E-state index contributed by atoms with van der Waals surface area (Å²) in [6.45, 7) is 8.19. The molecule has 0 saturated heterocycles. The molecule has 0 aliphatic heterocycles. The molecular formula is C11H20N2O2. The predicted octanol–water partition coefficient (Wildman–Crippen LogP) is 2.59. The van der Waals surface area contributed by atoms with Gasteiger partial charge < -0.3 is 9.63 Å². The first-order chi connectivity index (χ1) is 7.01. The molecule has 0 radical (unpaired) electrons. The number of nitrogens with zero attached hydrogens (tertiary/aromatic N) is 2. The van der Waals surface area contributed by atoms with Crippen LogP contribution >= 0.6 is 0 Å². The molecule has 1 rings (SSSR count). The highest BCUT2D eigenvalue weighted by atomic mass is 16.5. The monoisotopic (exact) mass is 212 g/mol. The molecule has 15 heavy (non-hydrogen) atoms. The number of aliphatic hydroxyl groups excluding tert-OH is 1. The minimum absolute atomic E-state index is 0.114. The van der Waals surface area contributed by atoms with Gasteiger partial charge in [-0.1, -0.05) is 39.3 Å². The van der Waals surface area contributed by atoms with E-state index in [1.165, 1.54) is 0 Å². The Kier molecular flexibility index (Phi) is 3.85. The predicted molar refractivity (Wildman–Crippen MR) is 57.5 cm³/mol. The summed E-state index contributed by atoms with van der Waals surface area (Å²) in [5, 5.41) is 13.5. The van der Waals surface area contributed by atoms with Crippen molar-refractivity contribution in [3.05, 3.63) is 11.7 Å². The van der Waals surface area contributed by atoms with E-state index in [1.807, 2.05) is 6.92 Å². The van der Waals surface area contributed by atoms with E-state index < -0.39 is 6.10 Å². The molecule has 1 unspecified atom stereocenters. The first kappa shape index (κ1) is 12.2. The largest absolute Gasteiger partial charge is 0.385 e. The zero-order chi connectivity index (χ0) is 11.5. The molecule has 0 amide bonds. The average molecular weight is 212 g/mol. The second-order valence-corrected chi connectivity index (χ2v) is 4.50. The van der Waals surface area contributed by atoms with Crippen LogP contribution in [0.15, 0.2) is 4.52 Å². The van der Waals surface area contributed by atoms with Gasteiger partial charge in [-0.2, -0.15) is 4.98 Å². The lowest BCUT2D eigenvalue weighted by Gasteiger charge is -2.16. The van der Waals surface area contributed by atoms with Crippen LogP contribution in [0.2, 0.25) is 0 Å². The molecule has 0 bridgehead atoms. The van der Waals surface area contributed by atoms with Crippen molar-refractivity contribution < 1.29 is 9.63 Å². The molecule has 0 aliphatic rings. The lowest BCUT2D eigenvalue weighted by Crippen LogP contribution is -2.16. The molecule has 1 heterocycles. The second-order valence-electron chi connectivity index (χ2n) is 4.50. The lowest BCUT2D eigenvalue weighted by molar-refractivity contribution is 0.152. The second kappa shape index (κ2) is 4.75. The van der Waals surface area contributed by atoms with Gasteiger partial charge in [0, 0.05) is 5.41 Å². The first-order valence-electron chi connectivity index (χ1n) is 5.53. The van der Waals surface area contributed by atoms with Crippen LogP contribution in [0.1, 0.15) is 64.8 Å². The SMILES string of the molecule is CCCC(O)c1noc(C(C)(C)CC)n1. The topological polar surface area (TPSA) is 59.2 Å². The maximum Gasteiger partial charge on any atom is 0.232 e. The van der Waals surface area contributed by atoms with Gasteiger partial charge in [0.25, 0.3) is 0 Å². The summed E-state index contributed by atoms with van der Waals surface area (Å²) in [5.74, 6) is 1.02. The Morgan fingerprint density at radius 2 is 2.07 bits per heavy atom.